The van der Waals surface area contributed by atoms with Crippen LogP contribution < -0.4 is 0 Å². The molecule has 0 aliphatic rings. The van der Waals surface area contributed by atoms with Crippen LogP contribution in [0.15, 0.2) is 0 Å². The van der Waals surface area contributed by atoms with Gasteiger partial charge in [0.2, 0.25) is 0 Å². The molecule has 0 aliphatic heterocycles. The van der Waals surface area contributed by atoms with E-state index in [0.717, 1.165) is 0 Å². The quantitative estimate of drug-likeness (QED) is 0.612. The summed E-state index contributed by atoms with van der Waals surface area (Å²) in [5.41, 5.74) is -5.70. The summed E-state index contributed by atoms with van der Waals surface area (Å²) >= 11 is 0. The van der Waals surface area contributed by atoms with Crippen molar-refractivity contribution in [3.63, 3.8) is 0 Å². The lowest BCUT2D eigenvalue weighted by molar-refractivity contribution is -0.370. The molecule has 1 N–H and O–H groups in total. The standard InChI is InChI=1S/C5H3F7O3/c6-1-3(7,4(8,9)10)5(11,12)15-2(13)14/h1H2,(H,13,14). The van der Waals surface area contributed by atoms with E-state index in [1.165, 1.54) is 0 Å². The molecule has 0 aromatic carbocycles. The third-order valence-corrected chi connectivity index (χ3v) is 1.31. The maximum absolute atomic E-state index is 12.5. The van der Waals surface area contributed by atoms with Crippen molar-refractivity contribution >= 4 is 6.16 Å². The Labute approximate surface area is 77.4 Å². The van der Waals surface area contributed by atoms with Crippen LogP contribution in [0.2, 0.25) is 0 Å². The highest BCUT2D eigenvalue weighted by Gasteiger charge is 2.74. The maximum atomic E-state index is 12.5. The molecular formula is C5H3F7O3. The fraction of sp³-hybridized carbons (Fsp3) is 0.800. The molecule has 1 unspecified atom stereocenters. The molecule has 0 amide bonds. The number of carboxylic acid groups (broad SMARTS) is 1. The van der Waals surface area contributed by atoms with E-state index in [-0.39, 0.29) is 0 Å². The van der Waals surface area contributed by atoms with Crippen molar-refractivity contribution in [1.29, 1.82) is 0 Å². The molecule has 3 nitrogen and oxygen atoms in total. The second kappa shape index (κ2) is 3.74. The third-order valence-electron chi connectivity index (χ3n) is 1.31. The Hall–Kier alpha value is -1.22. The molecule has 10 heteroatoms. The zero-order valence-corrected chi connectivity index (χ0v) is 6.62. The number of alkyl halides is 7. The first kappa shape index (κ1) is 13.8. The molecule has 0 saturated carbocycles. The summed E-state index contributed by atoms with van der Waals surface area (Å²) in [7, 11) is 0. The van der Waals surface area contributed by atoms with E-state index in [4.69, 9.17) is 5.11 Å². The van der Waals surface area contributed by atoms with Gasteiger partial charge in [0, 0.05) is 0 Å². The molecule has 15 heavy (non-hydrogen) atoms. The van der Waals surface area contributed by atoms with Crippen LogP contribution in [0.25, 0.3) is 0 Å². The van der Waals surface area contributed by atoms with Gasteiger partial charge in [-0.2, -0.15) is 22.0 Å². The molecule has 0 fully saturated rings. The number of hydrogen-bond donors (Lipinski definition) is 1. The normalized spacial score (nSPS) is 17.0. The minimum absolute atomic E-state index is 2.37. The van der Waals surface area contributed by atoms with Crippen LogP contribution >= 0.6 is 0 Å². The van der Waals surface area contributed by atoms with E-state index >= 15 is 0 Å². The van der Waals surface area contributed by atoms with Crippen LogP contribution in [0.4, 0.5) is 35.5 Å². The first-order chi connectivity index (χ1) is 6.48. The van der Waals surface area contributed by atoms with Crippen molar-refractivity contribution in [2.75, 3.05) is 6.67 Å². The van der Waals surface area contributed by atoms with Crippen molar-refractivity contribution in [1.82, 2.24) is 0 Å². The zero-order valence-electron chi connectivity index (χ0n) is 6.62. The van der Waals surface area contributed by atoms with E-state index < -0.39 is 30.8 Å². The number of hydrogen-bond acceptors (Lipinski definition) is 2. The Bertz CT molecular complexity index is 250. The van der Waals surface area contributed by atoms with Gasteiger partial charge < -0.3 is 9.84 Å². The van der Waals surface area contributed by atoms with Gasteiger partial charge in [-0.05, 0) is 0 Å². The summed E-state index contributed by atoms with van der Waals surface area (Å²) in [6.07, 6.45) is -15.0. The summed E-state index contributed by atoms with van der Waals surface area (Å²) in [5, 5.41) is 7.61. The van der Waals surface area contributed by atoms with Gasteiger partial charge in [-0.15, -0.1) is 0 Å². The summed E-state index contributed by atoms with van der Waals surface area (Å²) < 4.78 is 86.1. The van der Waals surface area contributed by atoms with E-state index in [0.29, 0.717) is 0 Å². The molecule has 0 saturated heterocycles. The number of rotatable bonds is 3. The van der Waals surface area contributed by atoms with Gasteiger partial charge in [0.25, 0.3) is 0 Å². The van der Waals surface area contributed by atoms with Crippen LogP contribution in [-0.4, -0.2) is 35.9 Å². The Balaban J connectivity index is 5.19. The topological polar surface area (TPSA) is 46.5 Å². The third kappa shape index (κ3) is 2.42. The Morgan fingerprint density at radius 3 is 1.73 bits per heavy atom. The van der Waals surface area contributed by atoms with Gasteiger partial charge in [0.1, 0.15) is 6.67 Å². The van der Waals surface area contributed by atoms with Crippen molar-refractivity contribution < 1.29 is 45.4 Å². The molecular weight excluding hydrogens is 241 g/mol. The maximum Gasteiger partial charge on any atom is 0.510 e. The predicted octanol–water partition coefficient (Wildman–Crippen LogP) is 2.51. The lowest BCUT2D eigenvalue weighted by Crippen LogP contribution is -2.58. The van der Waals surface area contributed by atoms with Crippen molar-refractivity contribution in [2.45, 2.75) is 18.0 Å². The van der Waals surface area contributed by atoms with Crippen molar-refractivity contribution in [3.05, 3.63) is 0 Å². The van der Waals surface area contributed by atoms with Gasteiger partial charge >= 0.3 is 24.1 Å². The van der Waals surface area contributed by atoms with E-state index in [1.54, 1.807) is 0 Å². The largest absolute Gasteiger partial charge is 0.510 e. The molecule has 0 heterocycles. The highest BCUT2D eigenvalue weighted by molar-refractivity contribution is 5.57. The summed E-state index contributed by atoms with van der Waals surface area (Å²) in [6.45, 7) is -3.17. The zero-order chi connectivity index (χ0) is 12.5. The molecule has 0 aromatic rings. The molecule has 1 atom stereocenters. The molecule has 0 radical (unpaired) electrons. The smallest absolute Gasteiger partial charge is 0.450 e. The van der Waals surface area contributed by atoms with E-state index in [1.807, 2.05) is 0 Å². The fourth-order valence-corrected chi connectivity index (χ4v) is 0.509. The summed E-state index contributed by atoms with van der Waals surface area (Å²) in [5.74, 6) is 0. The second-order valence-electron chi connectivity index (χ2n) is 2.32. The average Bonchev–Trinajstić information content (AvgIpc) is 1.97. The van der Waals surface area contributed by atoms with Crippen LogP contribution in [0, 0.1) is 0 Å². The minimum atomic E-state index is -6.30. The number of ether oxygens (including phenoxy) is 1. The molecule has 0 bridgehead atoms. The monoisotopic (exact) mass is 244 g/mol. The number of carbonyl (C=O) groups is 1. The van der Waals surface area contributed by atoms with Crippen LogP contribution in [0.5, 0.6) is 0 Å². The lowest BCUT2D eigenvalue weighted by Gasteiger charge is -2.30. The number of halogens is 7. The first-order valence-electron chi connectivity index (χ1n) is 3.09. The van der Waals surface area contributed by atoms with E-state index in [9.17, 15) is 35.5 Å². The summed E-state index contributed by atoms with van der Waals surface area (Å²) in [6, 6.07) is 0. The second-order valence-corrected chi connectivity index (χ2v) is 2.32. The van der Waals surface area contributed by atoms with Gasteiger partial charge in [-0.3, -0.25) is 0 Å². The first-order valence-corrected chi connectivity index (χ1v) is 3.09. The fourth-order valence-electron chi connectivity index (χ4n) is 0.509. The molecule has 0 spiro atoms. The van der Waals surface area contributed by atoms with Crippen LogP contribution in [0.1, 0.15) is 0 Å². The summed E-state index contributed by atoms with van der Waals surface area (Å²) in [4.78, 5) is 9.55. The van der Waals surface area contributed by atoms with Gasteiger partial charge in [0.05, 0.1) is 0 Å². The van der Waals surface area contributed by atoms with Gasteiger partial charge in [-0.25, -0.2) is 13.6 Å². The van der Waals surface area contributed by atoms with Crippen molar-refractivity contribution in [2.24, 2.45) is 0 Å². The molecule has 0 rings (SSSR count). The van der Waals surface area contributed by atoms with Gasteiger partial charge in [-0.1, -0.05) is 0 Å². The highest BCUT2D eigenvalue weighted by atomic mass is 19.4. The van der Waals surface area contributed by atoms with Crippen LogP contribution in [-0.2, 0) is 4.74 Å². The Morgan fingerprint density at radius 1 is 1.13 bits per heavy atom. The minimum Gasteiger partial charge on any atom is -0.450 e. The lowest BCUT2D eigenvalue weighted by atomic mass is 10.1. The Kier molecular flexibility index (Phi) is 3.43. The van der Waals surface area contributed by atoms with Crippen LogP contribution in [0.3, 0.4) is 0 Å². The van der Waals surface area contributed by atoms with E-state index in [2.05, 4.69) is 4.74 Å². The average molecular weight is 244 g/mol. The van der Waals surface area contributed by atoms with Crippen molar-refractivity contribution in [3.8, 4) is 0 Å². The highest BCUT2D eigenvalue weighted by Crippen LogP contribution is 2.46. The van der Waals surface area contributed by atoms with Gasteiger partial charge in [0.15, 0.2) is 0 Å². The SMILES string of the molecule is O=C(O)OC(F)(F)C(F)(CF)C(F)(F)F. The molecule has 0 aromatic heterocycles. The predicted molar refractivity (Wildman–Crippen MR) is 29.9 cm³/mol. The molecule has 90 valence electrons. The molecule has 0 aliphatic carbocycles. The Morgan fingerprint density at radius 2 is 1.53 bits per heavy atom.